The minimum atomic E-state index is 0.00421. The molecule has 0 radical (unpaired) electrons. The number of benzene rings is 1. The van der Waals surface area contributed by atoms with Gasteiger partial charge in [-0.15, -0.1) is 11.3 Å². The highest BCUT2D eigenvalue weighted by atomic mass is 32.1. The number of thiazole rings is 1. The fourth-order valence-corrected chi connectivity index (χ4v) is 4.06. The van der Waals surface area contributed by atoms with E-state index in [2.05, 4.69) is 23.3 Å². The van der Waals surface area contributed by atoms with Crippen LogP contribution in [0, 0.1) is 5.92 Å². The second-order valence-corrected chi connectivity index (χ2v) is 7.11. The molecule has 114 valence electrons. The van der Waals surface area contributed by atoms with Crippen molar-refractivity contribution in [3.8, 4) is 0 Å². The first-order valence-corrected chi connectivity index (χ1v) is 8.69. The summed E-state index contributed by atoms with van der Waals surface area (Å²) in [5.41, 5.74) is 2.29. The van der Waals surface area contributed by atoms with Crippen LogP contribution in [0.5, 0.6) is 0 Å². The van der Waals surface area contributed by atoms with Crippen LogP contribution in [0.1, 0.15) is 36.4 Å². The molecule has 1 aliphatic carbocycles. The van der Waals surface area contributed by atoms with Gasteiger partial charge in [-0.3, -0.25) is 4.90 Å². The van der Waals surface area contributed by atoms with Gasteiger partial charge >= 0.3 is 6.03 Å². The Bertz CT molecular complexity index is 681. The van der Waals surface area contributed by atoms with Crippen molar-refractivity contribution >= 4 is 23.1 Å². The third-order valence-corrected chi connectivity index (χ3v) is 5.37. The lowest BCUT2D eigenvalue weighted by atomic mass is 10.1. The molecule has 2 heterocycles. The highest BCUT2D eigenvalue weighted by Crippen LogP contribution is 2.42. The summed E-state index contributed by atoms with van der Waals surface area (Å²) >= 11 is 1.63. The third kappa shape index (κ3) is 2.39. The van der Waals surface area contributed by atoms with Crippen molar-refractivity contribution in [2.45, 2.75) is 38.3 Å². The number of carbonyl (C=O) groups is 1. The number of aromatic nitrogens is 1. The lowest BCUT2D eigenvalue weighted by molar-refractivity contribution is 0.240. The monoisotopic (exact) mass is 313 g/mol. The van der Waals surface area contributed by atoms with Gasteiger partial charge in [0.1, 0.15) is 5.01 Å². The second kappa shape index (κ2) is 5.39. The number of nitrogens with one attached hydrogen (secondary N) is 1. The van der Waals surface area contributed by atoms with E-state index in [1.807, 2.05) is 34.7 Å². The fraction of sp³-hybridized carbons (Fsp3) is 0.412. The number of urea groups is 1. The molecule has 1 aromatic carbocycles. The molecule has 0 unspecified atom stereocenters. The van der Waals surface area contributed by atoms with E-state index in [4.69, 9.17) is 0 Å². The molecule has 0 saturated heterocycles. The number of nitrogens with zero attached hydrogens (tertiary/aromatic N) is 2. The van der Waals surface area contributed by atoms with Gasteiger partial charge in [-0.25, -0.2) is 9.78 Å². The highest BCUT2D eigenvalue weighted by molar-refractivity contribution is 7.09. The number of para-hydroxylation sites is 1. The van der Waals surface area contributed by atoms with E-state index in [-0.39, 0.29) is 18.1 Å². The molecule has 2 atom stereocenters. The standard InChI is InChI=1S/C17H19N3OS/c1-11-10-13-4-2-3-5-14(13)20(11)17(21)19-15(12-6-7-12)16-18-8-9-22-16/h2-5,8-9,11-12,15H,6-7,10H2,1H3,(H,19,21)/t11-,15+/m1/s1. The number of anilines is 1. The number of fused-ring (bicyclic) bond motifs is 1. The van der Waals surface area contributed by atoms with E-state index in [0.29, 0.717) is 5.92 Å². The Kier molecular flexibility index (Phi) is 3.37. The molecule has 1 N–H and O–H groups in total. The van der Waals surface area contributed by atoms with E-state index < -0.39 is 0 Å². The molecule has 2 aromatic rings. The van der Waals surface area contributed by atoms with Crippen LogP contribution in [0.15, 0.2) is 35.8 Å². The Balaban J connectivity index is 1.57. The number of amides is 2. The van der Waals surface area contributed by atoms with Crippen LogP contribution in [0.2, 0.25) is 0 Å². The molecule has 5 heteroatoms. The van der Waals surface area contributed by atoms with Crippen LogP contribution in [0.3, 0.4) is 0 Å². The Morgan fingerprint density at radius 3 is 2.95 bits per heavy atom. The van der Waals surface area contributed by atoms with Crippen molar-refractivity contribution in [2.24, 2.45) is 5.92 Å². The smallest absolute Gasteiger partial charge is 0.322 e. The summed E-state index contributed by atoms with van der Waals surface area (Å²) in [6.07, 6.45) is 5.09. The van der Waals surface area contributed by atoms with E-state index in [1.54, 1.807) is 11.3 Å². The lowest BCUT2D eigenvalue weighted by Gasteiger charge is -2.26. The largest absolute Gasteiger partial charge is 0.328 e. The summed E-state index contributed by atoms with van der Waals surface area (Å²) < 4.78 is 0. The van der Waals surface area contributed by atoms with Gasteiger partial charge in [0.2, 0.25) is 0 Å². The topological polar surface area (TPSA) is 45.2 Å². The van der Waals surface area contributed by atoms with Crippen LogP contribution in [-0.2, 0) is 6.42 Å². The number of rotatable bonds is 3. The molecule has 2 amide bonds. The number of hydrogen-bond donors (Lipinski definition) is 1. The summed E-state index contributed by atoms with van der Waals surface area (Å²) in [5.74, 6) is 0.545. The average Bonchev–Trinajstić information content (AvgIpc) is 3.08. The van der Waals surface area contributed by atoms with Gasteiger partial charge in [0.05, 0.1) is 6.04 Å². The number of carbonyl (C=O) groups excluding carboxylic acids is 1. The van der Waals surface area contributed by atoms with Crippen molar-refractivity contribution < 1.29 is 4.79 Å². The molecule has 4 rings (SSSR count). The lowest BCUT2D eigenvalue weighted by Crippen LogP contribution is -2.45. The van der Waals surface area contributed by atoms with E-state index in [1.165, 1.54) is 18.4 Å². The quantitative estimate of drug-likeness (QED) is 0.938. The van der Waals surface area contributed by atoms with Crippen LogP contribution in [-0.4, -0.2) is 17.1 Å². The molecular formula is C17H19N3OS. The minimum absolute atomic E-state index is 0.00421. The molecule has 0 bridgehead atoms. The molecule has 1 saturated carbocycles. The van der Waals surface area contributed by atoms with Crippen molar-refractivity contribution in [3.63, 3.8) is 0 Å². The number of hydrogen-bond acceptors (Lipinski definition) is 3. The van der Waals surface area contributed by atoms with Crippen molar-refractivity contribution in [3.05, 3.63) is 46.4 Å². The Labute approximate surface area is 134 Å². The minimum Gasteiger partial charge on any atom is -0.328 e. The maximum Gasteiger partial charge on any atom is 0.322 e. The fourth-order valence-electron chi connectivity index (χ4n) is 3.28. The van der Waals surface area contributed by atoms with Gasteiger partial charge in [-0.1, -0.05) is 18.2 Å². The molecule has 1 fully saturated rings. The second-order valence-electron chi connectivity index (χ2n) is 6.19. The Morgan fingerprint density at radius 1 is 1.41 bits per heavy atom. The normalized spacial score (nSPS) is 21.5. The van der Waals surface area contributed by atoms with Crippen molar-refractivity contribution in [2.75, 3.05) is 4.90 Å². The Morgan fingerprint density at radius 2 is 2.23 bits per heavy atom. The van der Waals surface area contributed by atoms with E-state index in [9.17, 15) is 4.79 Å². The first-order valence-electron chi connectivity index (χ1n) is 7.81. The predicted molar refractivity (Wildman–Crippen MR) is 88.2 cm³/mol. The van der Waals surface area contributed by atoms with Gasteiger partial charge in [0.15, 0.2) is 0 Å². The van der Waals surface area contributed by atoms with Gasteiger partial charge in [-0.2, -0.15) is 0 Å². The summed E-state index contributed by atoms with van der Waals surface area (Å²) in [5, 5.41) is 6.23. The SMILES string of the molecule is C[C@@H]1Cc2ccccc2N1C(=O)N[C@H](c1nccs1)C1CC1. The maximum atomic E-state index is 12.8. The molecule has 4 nitrogen and oxygen atoms in total. The summed E-state index contributed by atoms with van der Waals surface area (Å²) in [6, 6.07) is 8.45. The van der Waals surface area contributed by atoms with Gasteiger partial charge in [0.25, 0.3) is 0 Å². The molecule has 1 aromatic heterocycles. The van der Waals surface area contributed by atoms with Crippen LogP contribution >= 0.6 is 11.3 Å². The first-order chi connectivity index (χ1) is 10.7. The van der Waals surface area contributed by atoms with Crippen LogP contribution < -0.4 is 10.2 Å². The van der Waals surface area contributed by atoms with Crippen molar-refractivity contribution in [1.29, 1.82) is 0 Å². The van der Waals surface area contributed by atoms with Gasteiger partial charge in [0, 0.05) is 23.3 Å². The predicted octanol–water partition coefficient (Wildman–Crippen LogP) is 3.76. The van der Waals surface area contributed by atoms with Gasteiger partial charge in [-0.05, 0) is 43.7 Å². The third-order valence-electron chi connectivity index (χ3n) is 4.52. The summed E-state index contributed by atoms with van der Waals surface area (Å²) in [7, 11) is 0. The van der Waals surface area contributed by atoms with E-state index >= 15 is 0 Å². The maximum absolute atomic E-state index is 12.8. The van der Waals surface area contributed by atoms with Crippen molar-refractivity contribution in [1.82, 2.24) is 10.3 Å². The summed E-state index contributed by atoms with van der Waals surface area (Å²) in [4.78, 5) is 19.2. The van der Waals surface area contributed by atoms with Crippen LogP contribution in [0.25, 0.3) is 0 Å². The van der Waals surface area contributed by atoms with Crippen LogP contribution in [0.4, 0.5) is 10.5 Å². The summed E-state index contributed by atoms with van der Waals surface area (Å²) in [6.45, 7) is 2.11. The van der Waals surface area contributed by atoms with E-state index in [0.717, 1.165) is 17.1 Å². The average molecular weight is 313 g/mol. The zero-order valence-corrected chi connectivity index (χ0v) is 13.3. The zero-order chi connectivity index (χ0) is 15.1. The molecule has 22 heavy (non-hydrogen) atoms. The molecule has 0 spiro atoms. The molecular weight excluding hydrogens is 294 g/mol. The highest BCUT2D eigenvalue weighted by Gasteiger charge is 2.38. The molecule has 1 aliphatic heterocycles. The Hall–Kier alpha value is -1.88. The molecule has 2 aliphatic rings. The van der Waals surface area contributed by atoms with Gasteiger partial charge < -0.3 is 5.32 Å². The zero-order valence-electron chi connectivity index (χ0n) is 12.5. The first kappa shape index (κ1) is 13.8.